The topological polar surface area (TPSA) is 0 Å². The monoisotopic (exact) mass is 272 g/mol. The number of fused-ring (bicyclic) bond motifs is 4. The van der Waals surface area contributed by atoms with Crippen molar-refractivity contribution in [1.29, 1.82) is 0 Å². The molecular formula is C20H32. The summed E-state index contributed by atoms with van der Waals surface area (Å²) in [7, 11) is 0. The van der Waals surface area contributed by atoms with Gasteiger partial charge in [0.25, 0.3) is 0 Å². The Labute approximate surface area is 125 Å². The second-order valence-corrected chi connectivity index (χ2v) is 9.64. The van der Waals surface area contributed by atoms with Gasteiger partial charge in [-0.3, -0.25) is 0 Å². The van der Waals surface area contributed by atoms with Crippen LogP contribution in [0.15, 0.2) is 11.6 Å². The van der Waals surface area contributed by atoms with Crippen LogP contribution in [0.5, 0.6) is 0 Å². The highest BCUT2D eigenvalue weighted by atomic mass is 14.7. The van der Waals surface area contributed by atoms with Crippen LogP contribution in [0.2, 0.25) is 0 Å². The van der Waals surface area contributed by atoms with Gasteiger partial charge in [-0.2, -0.15) is 0 Å². The van der Waals surface area contributed by atoms with E-state index in [4.69, 9.17) is 0 Å². The predicted molar refractivity (Wildman–Crippen MR) is 85.4 cm³/mol. The van der Waals surface area contributed by atoms with E-state index in [9.17, 15) is 0 Å². The normalized spacial score (nSPS) is 56.1. The Balaban J connectivity index is 1.81. The minimum Gasteiger partial charge on any atom is -0.0782 e. The maximum atomic E-state index is 2.82. The summed E-state index contributed by atoms with van der Waals surface area (Å²) in [5, 5.41) is 0. The molecule has 0 saturated heterocycles. The van der Waals surface area contributed by atoms with Gasteiger partial charge in [0, 0.05) is 0 Å². The number of rotatable bonds is 0. The minimum absolute atomic E-state index is 0.527. The van der Waals surface area contributed by atoms with E-state index in [1.165, 1.54) is 38.5 Å². The van der Waals surface area contributed by atoms with Crippen LogP contribution in [0.4, 0.5) is 0 Å². The summed E-state index contributed by atoms with van der Waals surface area (Å²) in [6.45, 7) is 12.8. The third-order valence-corrected chi connectivity index (χ3v) is 8.35. The van der Waals surface area contributed by atoms with Crippen molar-refractivity contribution in [1.82, 2.24) is 0 Å². The van der Waals surface area contributed by atoms with Gasteiger partial charge in [0.05, 0.1) is 0 Å². The second-order valence-electron chi connectivity index (χ2n) is 9.64. The van der Waals surface area contributed by atoms with Crippen LogP contribution >= 0.6 is 0 Å². The van der Waals surface area contributed by atoms with Gasteiger partial charge in [0.1, 0.15) is 0 Å². The molecule has 0 radical (unpaired) electrons. The van der Waals surface area contributed by atoms with Crippen LogP contribution in [-0.4, -0.2) is 0 Å². The summed E-state index contributed by atoms with van der Waals surface area (Å²) in [4.78, 5) is 0. The van der Waals surface area contributed by atoms with Crippen molar-refractivity contribution in [2.75, 3.05) is 0 Å². The second kappa shape index (κ2) is 3.73. The first-order valence-corrected chi connectivity index (χ1v) is 9.04. The SMILES string of the molecule is C[C@@H]1CC[C@H](C)C12CC[C@@H]1C2=C[C@@]2(C)CCC(C)(C)C12. The van der Waals surface area contributed by atoms with E-state index >= 15 is 0 Å². The molecule has 4 aliphatic carbocycles. The lowest BCUT2D eigenvalue weighted by Crippen LogP contribution is -2.31. The fraction of sp³-hybridized carbons (Fsp3) is 0.900. The van der Waals surface area contributed by atoms with Crippen molar-refractivity contribution in [3.63, 3.8) is 0 Å². The van der Waals surface area contributed by atoms with Crippen LogP contribution < -0.4 is 0 Å². The van der Waals surface area contributed by atoms with Crippen LogP contribution in [0.1, 0.15) is 73.1 Å². The maximum absolute atomic E-state index is 2.82. The molecule has 0 nitrogen and oxygen atoms in total. The van der Waals surface area contributed by atoms with Gasteiger partial charge in [0.2, 0.25) is 0 Å². The molecule has 0 aromatic carbocycles. The van der Waals surface area contributed by atoms with Gasteiger partial charge in [-0.15, -0.1) is 0 Å². The molecule has 0 amide bonds. The van der Waals surface area contributed by atoms with E-state index in [1.807, 2.05) is 5.57 Å². The molecule has 0 heteroatoms. The average Bonchev–Trinajstić information content (AvgIpc) is 3.00. The molecule has 4 rings (SSSR count). The number of hydrogen-bond acceptors (Lipinski definition) is 0. The summed E-state index contributed by atoms with van der Waals surface area (Å²) in [6.07, 6.45) is 11.6. The van der Waals surface area contributed by atoms with E-state index in [1.54, 1.807) is 0 Å². The van der Waals surface area contributed by atoms with Crippen LogP contribution in [0, 0.1) is 39.9 Å². The standard InChI is InChI=1S/C20H32/c1-13-6-7-14(2)20(13)9-8-15-16(20)12-19(5)11-10-18(3,4)17(15)19/h12-15,17H,6-11H2,1-5H3/t13-,14+,15-,17?,19-,20?/m1/s1. The summed E-state index contributed by atoms with van der Waals surface area (Å²) in [6, 6.07) is 0. The van der Waals surface area contributed by atoms with Gasteiger partial charge in [-0.05, 0) is 78.4 Å². The van der Waals surface area contributed by atoms with Crippen LogP contribution in [0.25, 0.3) is 0 Å². The van der Waals surface area contributed by atoms with E-state index < -0.39 is 0 Å². The van der Waals surface area contributed by atoms with Gasteiger partial charge in [-0.25, -0.2) is 0 Å². The number of hydrogen-bond donors (Lipinski definition) is 0. The molecule has 0 heterocycles. The zero-order valence-electron chi connectivity index (χ0n) is 14.1. The van der Waals surface area contributed by atoms with Crippen molar-refractivity contribution in [2.24, 2.45) is 39.9 Å². The minimum atomic E-state index is 0.527. The molecule has 0 bridgehead atoms. The molecule has 20 heavy (non-hydrogen) atoms. The fourth-order valence-electron chi connectivity index (χ4n) is 7.51. The highest BCUT2D eigenvalue weighted by molar-refractivity contribution is 5.37. The number of allylic oxidation sites excluding steroid dienone is 2. The molecule has 4 aliphatic rings. The van der Waals surface area contributed by atoms with Gasteiger partial charge >= 0.3 is 0 Å². The fourth-order valence-corrected chi connectivity index (χ4v) is 7.51. The van der Waals surface area contributed by atoms with Crippen molar-refractivity contribution in [3.8, 4) is 0 Å². The van der Waals surface area contributed by atoms with Crippen molar-refractivity contribution in [2.45, 2.75) is 73.1 Å². The Morgan fingerprint density at radius 2 is 1.55 bits per heavy atom. The zero-order chi connectivity index (χ0) is 14.3. The lowest BCUT2D eigenvalue weighted by atomic mass is 9.67. The van der Waals surface area contributed by atoms with Crippen molar-refractivity contribution in [3.05, 3.63) is 11.6 Å². The molecule has 0 aliphatic heterocycles. The van der Waals surface area contributed by atoms with Crippen LogP contribution in [-0.2, 0) is 0 Å². The average molecular weight is 272 g/mol. The first-order valence-electron chi connectivity index (χ1n) is 9.04. The molecular weight excluding hydrogens is 240 g/mol. The molecule has 3 saturated carbocycles. The Hall–Kier alpha value is -0.260. The maximum Gasteiger partial charge on any atom is -0.00336 e. The quantitative estimate of drug-likeness (QED) is 0.487. The van der Waals surface area contributed by atoms with E-state index in [0.29, 0.717) is 16.2 Å². The highest BCUT2D eigenvalue weighted by Crippen LogP contribution is 2.73. The Kier molecular flexibility index (Phi) is 2.50. The smallest absolute Gasteiger partial charge is 0.00336 e. The zero-order valence-corrected chi connectivity index (χ0v) is 14.1. The molecule has 6 atom stereocenters. The third kappa shape index (κ3) is 1.35. The van der Waals surface area contributed by atoms with E-state index in [0.717, 1.165) is 23.7 Å². The van der Waals surface area contributed by atoms with E-state index in [-0.39, 0.29) is 0 Å². The lowest BCUT2D eigenvalue weighted by molar-refractivity contribution is 0.145. The first-order chi connectivity index (χ1) is 9.31. The summed E-state index contributed by atoms with van der Waals surface area (Å²) in [5.74, 6) is 3.73. The molecule has 112 valence electrons. The molecule has 2 unspecified atom stereocenters. The van der Waals surface area contributed by atoms with Gasteiger partial charge in [0.15, 0.2) is 0 Å². The summed E-state index contributed by atoms with van der Waals surface area (Å²) in [5.41, 5.74) is 3.64. The first kappa shape index (κ1) is 13.4. The van der Waals surface area contributed by atoms with Crippen molar-refractivity contribution < 1.29 is 0 Å². The molecule has 0 N–H and O–H groups in total. The third-order valence-electron chi connectivity index (χ3n) is 8.35. The predicted octanol–water partition coefficient (Wildman–Crippen LogP) is 5.83. The van der Waals surface area contributed by atoms with E-state index in [2.05, 4.69) is 40.7 Å². The Morgan fingerprint density at radius 3 is 2.20 bits per heavy atom. The summed E-state index contributed by atoms with van der Waals surface area (Å²) < 4.78 is 0. The molecule has 3 fully saturated rings. The van der Waals surface area contributed by atoms with Crippen LogP contribution in [0.3, 0.4) is 0 Å². The lowest BCUT2D eigenvalue weighted by Gasteiger charge is -2.37. The molecule has 0 aromatic rings. The Morgan fingerprint density at radius 1 is 0.900 bits per heavy atom. The summed E-state index contributed by atoms with van der Waals surface area (Å²) >= 11 is 0. The Bertz CT molecular complexity index is 458. The largest absolute Gasteiger partial charge is 0.0782 e. The highest BCUT2D eigenvalue weighted by Gasteiger charge is 2.64. The van der Waals surface area contributed by atoms with Crippen molar-refractivity contribution >= 4 is 0 Å². The van der Waals surface area contributed by atoms with Gasteiger partial charge < -0.3 is 0 Å². The molecule has 0 aromatic heterocycles. The van der Waals surface area contributed by atoms with Gasteiger partial charge in [-0.1, -0.05) is 46.3 Å². The molecule has 1 spiro atoms.